The van der Waals surface area contributed by atoms with Crippen molar-refractivity contribution >= 4 is 0 Å². The van der Waals surface area contributed by atoms with Gasteiger partial charge in [0.15, 0.2) is 0 Å². The minimum atomic E-state index is 0.762. The summed E-state index contributed by atoms with van der Waals surface area (Å²) < 4.78 is 0. The van der Waals surface area contributed by atoms with Crippen molar-refractivity contribution in [3.05, 3.63) is 12.2 Å². The second-order valence-corrected chi connectivity index (χ2v) is 6.94. The number of hydrogen-bond acceptors (Lipinski definition) is 1. The zero-order valence-electron chi connectivity index (χ0n) is 11.3. The zero-order valence-corrected chi connectivity index (χ0v) is 11.3. The molecule has 1 nitrogen and oxygen atoms in total. The van der Waals surface area contributed by atoms with E-state index in [-0.39, 0.29) is 0 Å². The number of allylic oxidation sites excluding steroid dienone is 1. The molecule has 0 heterocycles. The van der Waals surface area contributed by atoms with Gasteiger partial charge in [-0.2, -0.15) is 0 Å². The third-order valence-electron chi connectivity index (χ3n) is 5.50. The van der Waals surface area contributed by atoms with Crippen LogP contribution in [-0.4, -0.2) is 13.1 Å². The lowest BCUT2D eigenvalue weighted by Crippen LogP contribution is -2.47. The van der Waals surface area contributed by atoms with Crippen LogP contribution in [-0.2, 0) is 0 Å². The molecule has 4 saturated carbocycles. The van der Waals surface area contributed by atoms with Crippen molar-refractivity contribution in [2.75, 3.05) is 13.1 Å². The molecule has 96 valence electrons. The van der Waals surface area contributed by atoms with Crippen molar-refractivity contribution < 1.29 is 0 Å². The van der Waals surface area contributed by atoms with Crippen LogP contribution in [0.4, 0.5) is 0 Å². The summed E-state index contributed by atoms with van der Waals surface area (Å²) in [6.45, 7) is 4.39. The standard InChI is InChI=1S/C16H27N/c1-2-3-5-17-6-4-16-10-13-7-14(11-16)9-15(8-13)12-16/h2-3,13-15,17H,4-12H2,1H3/b3-2+. The Bertz CT molecular complexity index is 257. The molecule has 0 aromatic rings. The van der Waals surface area contributed by atoms with Gasteiger partial charge in [-0.1, -0.05) is 12.2 Å². The molecule has 17 heavy (non-hydrogen) atoms. The molecule has 4 aliphatic carbocycles. The SMILES string of the molecule is C/C=C/CNCCC12CC3CC(CC(C3)C1)C2. The van der Waals surface area contributed by atoms with E-state index < -0.39 is 0 Å². The van der Waals surface area contributed by atoms with E-state index in [1.807, 2.05) is 0 Å². The first-order chi connectivity index (χ1) is 8.30. The Kier molecular flexibility index (Phi) is 3.30. The molecule has 0 aromatic carbocycles. The number of nitrogens with one attached hydrogen (secondary N) is 1. The van der Waals surface area contributed by atoms with Crippen LogP contribution in [0.1, 0.15) is 51.9 Å². The predicted octanol–water partition coefficient (Wildman–Crippen LogP) is 3.76. The van der Waals surface area contributed by atoms with Crippen molar-refractivity contribution in [1.29, 1.82) is 0 Å². The minimum absolute atomic E-state index is 0.762. The molecule has 1 heteroatoms. The molecule has 0 aromatic heterocycles. The lowest BCUT2D eigenvalue weighted by molar-refractivity contribution is -0.0566. The smallest absolute Gasteiger partial charge is 0.0134 e. The highest BCUT2D eigenvalue weighted by Gasteiger charge is 2.50. The fraction of sp³-hybridized carbons (Fsp3) is 0.875. The first-order valence-corrected chi connectivity index (χ1v) is 7.61. The topological polar surface area (TPSA) is 12.0 Å². The largest absolute Gasteiger partial charge is 0.313 e. The van der Waals surface area contributed by atoms with Crippen molar-refractivity contribution in [2.24, 2.45) is 23.2 Å². The molecule has 0 aliphatic heterocycles. The molecule has 0 atom stereocenters. The summed E-state index contributed by atoms with van der Waals surface area (Å²) >= 11 is 0. The van der Waals surface area contributed by atoms with Gasteiger partial charge in [0.2, 0.25) is 0 Å². The Labute approximate surface area is 106 Å². The van der Waals surface area contributed by atoms with Gasteiger partial charge < -0.3 is 5.32 Å². The van der Waals surface area contributed by atoms with Gasteiger partial charge in [0.05, 0.1) is 0 Å². The van der Waals surface area contributed by atoms with Gasteiger partial charge >= 0.3 is 0 Å². The third-order valence-corrected chi connectivity index (χ3v) is 5.50. The van der Waals surface area contributed by atoms with E-state index in [4.69, 9.17) is 0 Å². The normalized spacial score (nSPS) is 43.7. The van der Waals surface area contributed by atoms with Crippen molar-refractivity contribution in [3.63, 3.8) is 0 Å². The Hall–Kier alpha value is -0.300. The molecule has 0 radical (unpaired) electrons. The molecule has 0 amide bonds. The highest BCUT2D eigenvalue weighted by Crippen LogP contribution is 2.61. The maximum Gasteiger partial charge on any atom is 0.0134 e. The molecule has 4 aliphatic rings. The van der Waals surface area contributed by atoms with Gasteiger partial charge in [0.1, 0.15) is 0 Å². The van der Waals surface area contributed by atoms with Gasteiger partial charge in [0.25, 0.3) is 0 Å². The van der Waals surface area contributed by atoms with Crippen LogP contribution >= 0.6 is 0 Å². The zero-order chi connectivity index (χ0) is 11.7. The van der Waals surface area contributed by atoms with Crippen LogP contribution in [0.25, 0.3) is 0 Å². The fourth-order valence-corrected chi connectivity index (χ4v) is 5.25. The average molecular weight is 233 g/mol. The summed E-state index contributed by atoms with van der Waals surface area (Å²) in [5.41, 5.74) is 0.762. The molecule has 4 rings (SSSR count). The lowest BCUT2D eigenvalue weighted by atomic mass is 9.49. The van der Waals surface area contributed by atoms with Crippen molar-refractivity contribution in [2.45, 2.75) is 51.9 Å². The van der Waals surface area contributed by atoms with E-state index in [9.17, 15) is 0 Å². The van der Waals surface area contributed by atoms with E-state index >= 15 is 0 Å². The highest BCUT2D eigenvalue weighted by atomic mass is 14.8. The second-order valence-electron chi connectivity index (χ2n) is 6.94. The molecular formula is C16H27N. The number of hydrogen-bond donors (Lipinski definition) is 1. The van der Waals surface area contributed by atoms with Gasteiger partial charge in [0, 0.05) is 6.54 Å². The number of rotatable bonds is 5. The molecule has 4 bridgehead atoms. The highest BCUT2D eigenvalue weighted by molar-refractivity contribution is 5.01. The van der Waals surface area contributed by atoms with Crippen LogP contribution in [0.15, 0.2) is 12.2 Å². The van der Waals surface area contributed by atoms with Crippen LogP contribution in [0.5, 0.6) is 0 Å². The van der Waals surface area contributed by atoms with Gasteiger partial charge in [-0.15, -0.1) is 0 Å². The predicted molar refractivity (Wildman–Crippen MR) is 72.9 cm³/mol. The van der Waals surface area contributed by atoms with Gasteiger partial charge in [-0.05, 0) is 81.6 Å². The van der Waals surface area contributed by atoms with Crippen LogP contribution in [0.3, 0.4) is 0 Å². The molecule has 0 unspecified atom stereocenters. The third kappa shape index (κ3) is 2.45. The molecule has 0 spiro atoms. The Morgan fingerprint density at radius 1 is 1.06 bits per heavy atom. The first-order valence-electron chi connectivity index (χ1n) is 7.61. The van der Waals surface area contributed by atoms with Crippen molar-refractivity contribution in [3.8, 4) is 0 Å². The van der Waals surface area contributed by atoms with E-state index in [1.54, 1.807) is 38.5 Å². The summed E-state index contributed by atoms with van der Waals surface area (Å²) in [7, 11) is 0. The van der Waals surface area contributed by atoms with E-state index in [1.165, 1.54) is 13.0 Å². The summed E-state index contributed by atoms with van der Waals surface area (Å²) in [6.07, 6.45) is 15.2. The van der Waals surface area contributed by atoms with Gasteiger partial charge in [-0.25, -0.2) is 0 Å². The first kappa shape index (κ1) is 11.8. The molecule has 1 N–H and O–H groups in total. The van der Waals surface area contributed by atoms with Crippen LogP contribution in [0, 0.1) is 23.2 Å². The Morgan fingerprint density at radius 3 is 2.18 bits per heavy atom. The monoisotopic (exact) mass is 233 g/mol. The maximum absolute atomic E-state index is 3.57. The lowest BCUT2D eigenvalue weighted by Gasteiger charge is -2.57. The maximum atomic E-state index is 3.57. The second kappa shape index (κ2) is 4.76. The minimum Gasteiger partial charge on any atom is -0.313 e. The quantitative estimate of drug-likeness (QED) is 0.563. The van der Waals surface area contributed by atoms with Crippen molar-refractivity contribution in [1.82, 2.24) is 5.32 Å². The Balaban J connectivity index is 1.52. The van der Waals surface area contributed by atoms with Crippen LogP contribution in [0.2, 0.25) is 0 Å². The molecular weight excluding hydrogens is 206 g/mol. The molecule has 0 saturated heterocycles. The Morgan fingerprint density at radius 2 is 1.65 bits per heavy atom. The van der Waals surface area contributed by atoms with Crippen LogP contribution < -0.4 is 5.32 Å². The summed E-state index contributed by atoms with van der Waals surface area (Å²) in [5.74, 6) is 3.32. The summed E-state index contributed by atoms with van der Waals surface area (Å²) in [6, 6.07) is 0. The fourth-order valence-electron chi connectivity index (χ4n) is 5.25. The van der Waals surface area contributed by atoms with Gasteiger partial charge in [-0.3, -0.25) is 0 Å². The summed E-state index contributed by atoms with van der Waals surface area (Å²) in [4.78, 5) is 0. The molecule has 4 fully saturated rings. The average Bonchev–Trinajstić information content (AvgIpc) is 2.26. The van der Waals surface area contributed by atoms with E-state index in [0.717, 1.165) is 29.7 Å². The van der Waals surface area contributed by atoms with E-state index in [0.29, 0.717) is 0 Å². The summed E-state index contributed by atoms with van der Waals surface area (Å²) in [5, 5.41) is 3.57. The van der Waals surface area contributed by atoms with E-state index in [2.05, 4.69) is 24.4 Å².